The van der Waals surface area contributed by atoms with Crippen LogP contribution in [0, 0.1) is 10.1 Å². The number of nitro groups is 1. The van der Waals surface area contributed by atoms with Gasteiger partial charge in [-0.3, -0.25) is 14.9 Å². The number of amides is 1. The zero-order valence-corrected chi connectivity index (χ0v) is 12.8. The lowest BCUT2D eigenvalue weighted by molar-refractivity contribution is -0.384. The molecule has 22 heavy (non-hydrogen) atoms. The fraction of sp³-hybridized carbons (Fsp3) is 0.133. The van der Waals surface area contributed by atoms with E-state index in [4.69, 9.17) is 11.6 Å². The second-order valence-corrected chi connectivity index (χ2v) is 5.22. The molecule has 0 radical (unpaired) electrons. The van der Waals surface area contributed by atoms with E-state index in [0.29, 0.717) is 5.56 Å². The molecule has 0 heterocycles. The number of carbonyl (C=O) groups excluding carboxylic acids is 1. The smallest absolute Gasteiger partial charge is 0.271 e. The molecule has 0 saturated heterocycles. The Balaban J connectivity index is 2.21. The Morgan fingerprint density at radius 2 is 1.82 bits per heavy atom. The van der Waals surface area contributed by atoms with Crippen LogP contribution >= 0.6 is 11.6 Å². The van der Waals surface area contributed by atoms with Gasteiger partial charge in [0.05, 0.1) is 15.6 Å². The molecule has 0 aliphatic rings. The fourth-order valence-corrected chi connectivity index (χ4v) is 1.99. The van der Waals surface area contributed by atoms with Crippen LogP contribution in [0.3, 0.4) is 0 Å². The summed E-state index contributed by atoms with van der Waals surface area (Å²) in [6.45, 7) is 0. The van der Waals surface area contributed by atoms with E-state index in [1.165, 1.54) is 18.2 Å². The number of anilines is 2. The Morgan fingerprint density at radius 3 is 2.36 bits per heavy atom. The van der Waals surface area contributed by atoms with Gasteiger partial charge in [0.2, 0.25) is 0 Å². The first-order valence-corrected chi connectivity index (χ1v) is 6.79. The Labute approximate surface area is 132 Å². The summed E-state index contributed by atoms with van der Waals surface area (Å²) in [6, 6.07) is 10.9. The average Bonchev–Trinajstić information content (AvgIpc) is 2.49. The number of hydrogen-bond acceptors (Lipinski definition) is 4. The summed E-state index contributed by atoms with van der Waals surface area (Å²) >= 11 is 5.96. The largest absolute Gasteiger partial charge is 0.378 e. The minimum atomic E-state index is -0.544. The highest BCUT2D eigenvalue weighted by Crippen LogP contribution is 2.27. The lowest BCUT2D eigenvalue weighted by Crippen LogP contribution is -2.13. The summed E-state index contributed by atoms with van der Waals surface area (Å²) in [5.74, 6) is -0.382. The van der Waals surface area contributed by atoms with Crippen LogP contribution in [-0.2, 0) is 0 Å². The van der Waals surface area contributed by atoms with Crippen molar-refractivity contribution in [3.05, 3.63) is 63.2 Å². The SMILES string of the molecule is CN(C)c1ccc(C(=O)Nc2cc([N+](=O)[O-])ccc2Cl)cc1. The summed E-state index contributed by atoms with van der Waals surface area (Å²) in [5, 5.41) is 13.6. The van der Waals surface area contributed by atoms with Gasteiger partial charge in [-0.15, -0.1) is 0 Å². The number of rotatable bonds is 4. The first-order valence-electron chi connectivity index (χ1n) is 6.41. The third-order valence-electron chi connectivity index (χ3n) is 3.05. The number of nitro benzene ring substituents is 1. The van der Waals surface area contributed by atoms with E-state index in [-0.39, 0.29) is 22.3 Å². The summed E-state index contributed by atoms with van der Waals surface area (Å²) in [7, 11) is 3.80. The van der Waals surface area contributed by atoms with Gasteiger partial charge in [0.15, 0.2) is 0 Å². The van der Waals surface area contributed by atoms with Gasteiger partial charge in [0, 0.05) is 37.5 Å². The highest BCUT2D eigenvalue weighted by molar-refractivity contribution is 6.34. The minimum absolute atomic E-state index is 0.136. The van der Waals surface area contributed by atoms with Crippen LogP contribution in [0.1, 0.15) is 10.4 Å². The van der Waals surface area contributed by atoms with Gasteiger partial charge in [0.1, 0.15) is 0 Å². The molecule has 0 aliphatic heterocycles. The van der Waals surface area contributed by atoms with Crippen molar-refractivity contribution in [1.29, 1.82) is 0 Å². The van der Waals surface area contributed by atoms with Crippen molar-refractivity contribution >= 4 is 34.6 Å². The highest BCUT2D eigenvalue weighted by atomic mass is 35.5. The Morgan fingerprint density at radius 1 is 1.18 bits per heavy atom. The van der Waals surface area contributed by atoms with Gasteiger partial charge >= 0.3 is 0 Å². The highest BCUT2D eigenvalue weighted by Gasteiger charge is 2.13. The van der Waals surface area contributed by atoms with Gasteiger partial charge in [-0.05, 0) is 30.3 Å². The van der Waals surface area contributed by atoms with Crippen molar-refractivity contribution in [2.75, 3.05) is 24.3 Å². The van der Waals surface area contributed by atoms with Gasteiger partial charge in [-0.2, -0.15) is 0 Å². The van der Waals surface area contributed by atoms with E-state index in [9.17, 15) is 14.9 Å². The summed E-state index contributed by atoms with van der Waals surface area (Å²) in [6.07, 6.45) is 0. The molecule has 2 aromatic rings. The average molecular weight is 320 g/mol. The molecule has 0 atom stereocenters. The van der Waals surface area contributed by atoms with E-state index < -0.39 is 4.92 Å². The summed E-state index contributed by atoms with van der Waals surface area (Å²) in [4.78, 5) is 24.3. The molecule has 0 fully saturated rings. The Hall–Kier alpha value is -2.60. The van der Waals surface area contributed by atoms with Crippen LogP contribution in [0.15, 0.2) is 42.5 Å². The number of halogens is 1. The number of nitrogens with one attached hydrogen (secondary N) is 1. The maximum atomic E-state index is 12.2. The maximum Gasteiger partial charge on any atom is 0.271 e. The van der Waals surface area contributed by atoms with Gasteiger partial charge in [-0.1, -0.05) is 11.6 Å². The Bertz CT molecular complexity index is 714. The van der Waals surface area contributed by atoms with E-state index in [2.05, 4.69) is 5.32 Å². The van der Waals surface area contributed by atoms with E-state index in [1.54, 1.807) is 12.1 Å². The van der Waals surface area contributed by atoms with Gasteiger partial charge < -0.3 is 10.2 Å². The molecular formula is C15H14ClN3O3. The van der Waals surface area contributed by atoms with E-state index >= 15 is 0 Å². The third-order valence-corrected chi connectivity index (χ3v) is 3.38. The second kappa shape index (κ2) is 6.44. The summed E-state index contributed by atoms with van der Waals surface area (Å²) < 4.78 is 0. The molecule has 1 N–H and O–H groups in total. The van der Waals surface area contributed by atoms with Crippen molar-refractivity contribution in [1.82, 2.24) is 0 Å². The van der Waals surface area contributed by atoms with Crippen molar-refractivity contribution < 1.29 is 9.72 Å². The number of non-ortho nitro benzene ring substituents is 1. The fourth-order valence-electron chi connectivity index (χ4n) is 1.83. The number of nitrogens with zero attached hydrogens (tertiary/aromatic N) is 2. The molecule has 2 rings (SSSR count). The molecule has 0 aromatic heterocycles. The molecule has 0 unspecified atom stereocenters. The first-order chi connectivity index (χ1) is 10.4. The molecule has 1 amide bonds. The van der Waals surface area contributed by atoms with Crippen molar-refractivity contribution in [2.24, 2.45) is 0 Å². The van der Waals surface area contributed by atoms with Gasteiger partial charge in [0.25, 0.3) is 11.6 Å². The molecule has 0 spiro atoms. The minimum Gasteiger partial charge on any atom is -0.378 e. The van der Waals surface area contributed by atoms with Crippen LogP contribution in [0.25, 0.3) is 0 Å². The zero-order chi connectivity index (χ0) is 16.3. The quantitative estimate of drug-likeness (QED) is 0.690. The molecule has 6 nitrogen and oxygen atoms in total. The van der Waals surface area contributed by atoms with Crippen LogP contribution in [0.4, 0.5) is 17.1 Å². The Kier molecular flexibility index (Phi) is 4.62. The first kappa shape index (κ1) is 15.8. The molecule has 0 saturated carbocycles. The lowest BCUT2D eigenvalue weighted by atomic mass is 10.2. The molecule has 0 bridgehead atoms. The second-order valence-electron chi connectivity index (χ2n) is 4.82. The van der Waals surface area contributed by atoms with Crippen molar-refractivity contribution in [2.45, 2.75) is 0 Å². The number of carbonyl (C=O) groups is 1. The predicted molar refractivity (Wildman–Crippen MR) is 86.8 cm³/mol. The molecule has 2 aromatic carbocycles. The summed E-state index contributed by atoms with van der Waals surface area (Å²) in [5.41, 5.74) is 1.47. The predicted octanol–water partition coefficient (Wildman–Crippen LogP) is 3.57. The van der Waals surface area contributed by atoms with Crippen molar-refractivity contribution in [3.8, 4) is 0 Å². The van der Waals surface area contributed by atoms with E-state index in [0.717, 1.165) is 5.69 Å². The van der Waals surface area contributed by atoms with Gasteiger partial charge in [-0.25, -0.2) is 0 Å². The molecule has 7 heteroatoms. The van der Waals surface area contributed by atoms with Crippen LogP contribution in [-0.4, -0.2) is 24.9 Å². The van der Waals surface area contributed by atoms with Crippen LogP contribution < -0.4 is 10.2 Å². The third kappa shape index (κ3) is 3.53. The normalized spacial score (nSPS) is 10.1. The van der Waals surface area contributed by atoms with Crippen molar-refractivity contribution in [3.63, 3.8) is 0 Å². The molecular weight excluding hydrogens is 306 g/mol. The topological polar surface area (TPSA) is 75.5 Å². The lowest BCUT2D eigenvalue weighted by Gasteiger charge is -2.13. The van der Waals surface area contributed by atoms with Crippen LogP contribution in [0.5, 0.6) is 0 Å². The zero-order valence-electron chi connectivity index (χ0n) is 12.0. The standard InChI is InChI=1S/C15H14ClN3O3/c1-18(2)11-5-3-10(4-6-11)15(20)17-14-9-12(19(21)22)7-8-13(14)16/h3-9H,1-2H3,(H,17,20). The monoisotopic (exact) mass is 319 g/mol. The number of hydrogen-bond donors (Lipinski definition) is 1. The van der Waals surface area contributed by atoms with Crippen LogP contribution in [0.2, 0.25) is 5.02 Å². The maximum absolute atomic E-state index is 12.2. The number of benzene rings is 2. The molecule has 114 valence electrons. The molecule has 0 aliphatic carbocycles. The van der Waals surface area contributed by atoms with E-state index in [1.807, 2.05) is 31.1 Å².